The lowest BCUT2D eigenvalue weighted by molar-refractivity contribution is 0.167. The largest absolute Gasteiger partial charge is 0.497 e. The molecule has 5 nitrogen and oxygen atoms in total. The van der Waals surface area contributed by atoms with Crippen molar-refractivity contribution in [1.29, 1.82) is 0 Å². The topological polar surface area (TPSA) is 59.9 Å². The highest BCUT2D eigenvalue weighted by molar-refractivity contribution is 5.86. The van der Waals surface area contributed by atoms with E-state index in [9.17, 15) is 4.79 Å². The molecule has 0 saturated carbocycles. The van der Waals surface area contributed by atoms with E-state index in [4.69, 9.17) is 9.57 Å². The Morgan fingerprint density at radius 2 is 1.95 bits per heavy atom. The van der Waals surface area contributed by atoms with Crippen LogP contribution >= 0.6 is 0 Å². The van der Waals surface area contributed by atoms with Crippen LogP contribution in [0.3, 0.4) is 0 Å². The number of nitrogens with zero attached hydrogens (tertiary/aromatic N) is 1. The van der Waals surface area contributed by atoms with Gasteiger partial charge in [-0.2, -0.15) is 0 Å². The van der Waals surface area contributed by atoms with Crippen molar-refractivity contribution in [1.82, 2.24) is 0 Å². The molecule has 0 radical (unpaired) electrons. The predicted octanol–water partition coefficient (Wildman–Crippen LogP) is 3.59. The maximum atomic E-state index is 11.5. The van der Waals surface area contributed by atoms with E-state index < -0.39 is 6.09 Å². The summed E-state index contributed by atoms with van der Waals surface area (Å²) in [5.41, 5.74) is 2.52. The van der Waals surface area contributed by atoms with Gasteiger partial charge in [-0.25, -0.2) is 4.79 Å². The van der Waals surface area contributed by atoms with Crippen molar-refractivity contribution in [2.75, 3.05) is 12.4 Å². The molecule has 2 rings (SSSR count). The Morgan fingerprint density at radius 3 is 2.62 bits per heavy atom. The zero-order valence-corrected chi connectivity index (χ0v) is 11.9. The van der Waals surface area contributed by atoms with Gasteiger partial charge in [0.15, 0.2) is 0 Å². The van der Waals surface area contributed by atoms with Crippen molar-refractivity contribution in [3.8, 4) is 5.75 Å². The van der Waals surface area contributed by atoms with Gasteiger partial charge in [-0.1, -0.05) is 17.3 Å². The van der Waals surface area contributed by atoms with Crippen LogP contribution in [0.5, 0.6) is 5.75 Å². The quantitative estimate of drug-likeness (QED) is 0.530. The molecule has 2 aromatic carbocycles. The molecular weight excluding hydrogens is 268 g/mol. The number of oxime groups is 1. The van der Waals surface area contributed by atoms with Crippen LogP contribution in [0.25, 0.3) is 0 Å². The molecule has 0 fully saturated rings. The van der Waals surface area contributed by atoms with Crippen LogP contribution < -0.4 is 10.1 Å². The first-order valence-electron chi connectivity index (χ1n) is 6.39. The minimum Gasteiger partial charge on any atom is -0.497 e. The van der Waals surface area contributed by atoms with Gasteiger partial charge in [-0.05, 0) is 54.4 Å². The molecule has 0 atom stereocenters. The number of methoxy groups -OCH3 is 1. The molecule has 1 N–H and O–H groups in total. The Kier molecular flexibility index (Phi) is 4.93. The van der Waals surface area contributed by atoms with Gasteiger partial charge < -0.3 is 4.74 Å². The molecule has 21 heavy (non-hydrogen) atoms. The summed E-state index contributed by atoms with van der Waals surface area (Å²) in [6.07, 6.45) is 0.820. The molecule has 0 heterocycles. The van der Waals surface area contributed by atoms with E-state index in [2.05, 4.69) is 10.5 Å². The summed E-state index contributed by atoms with van der Waals surface area (Å²) in [5.74, 6) is 0.755. The first-order chi connectivity index (χ1) is 10.2. The molecule has 1 amide bonds. The third kappa shape index (κ3) is 4.65. The van der Waals surface area contributed by atoms with Gasteiger partial charge in [-0.3, -0.25) is 10.2 Å². The van der Waals surface area contributed by atoms with Crippen LogP contribution in [-0.2, 0) is 4.84 Å². The van der Waals surface area contributed by atoms with Crippen LogP contribution in [0.1, 0.15) is 11.1 Å². The zero-order valence-electron chi connectivity index (χ0n) is 11.9. The maximum absolute atomic E-state index is 11.5. The summed E-state index contributed by atoms with van der Waals surface area (Å²) in [7, 11) is 1.60. The summed E-state index contributed by atoms with van der Waals surface area (Å²) >= 11 is 0. The molecular formula is C16H16N2O3. The van der Waals surface area contributed by atoms with E-state index in [0.717, 1.165) is 16.9 Å². The van der Waals surface area contributed by atoms with Gasteiger partial charge in [0.05, 0.1) is 13.3 Å². The smallest absolute Gasteiger partial charge is 0.437 e. The van der Waals surface area contributed by atoms with Crippen LogP contribution in [0.4, 0.5) is 10.5 Å². The zero-order chi connectivity index (χ0) is 15.1. The summed E-state index contributed by atoms with van der Waals surface area (Å²) in [4.78, 5) is 16.3. The third-order valence-corrected chi connectivity index (χ3v) is 2.72. The Bertz CT molecular complexity index is 636. The molecule has 0 spiro atoms. The molecule has 0 bridgehead atoms. The SMILES string of the molecule is COc1ccc(C=NOC(=O)Nc2cccc(C)c2)cc1. The average molecular weight is 284 g/mol. The lowest BCUT2D eigenvalue weighted by Crippen LogP contribution is -2.10. The number of carbonyl (C=O) groups excluding carboxylic acids is 1. The number of nitrogens with one attached hydrogen (secondary N) is 1. The van der Waals surface area contributed by atoms with Crippen LogP contribution in [0, 0.1) is 6.92 Å². The maximum Gasteiger partial charge on any atom is 0.437 e. The van der Waals surface area contributed by atoms with E-state index in [1.165, 1.54) is 6.21 Å². The Morgan fingerprint density at radius 1 is 1.19 bits per heavy atom. The van der Waals surface area contributed by atoms with Gasteiger partial charge >= 0.3 is 6.09 Å². The average Bonchev–Trinajstić information content (AvgIpc) is 2.48. The number of anilines is 1. The van der Waals surface area contributed by atoms with Crippen molar-refractivity contribution < 1.29 is 14.4 Å². The van der Waals surface area contributed by atoms with E-state index >= 15 is 0 Å². The molecule has 0 aliphatic heterocycles. The van der Waals surface area contributed by atoms with Gasteiger partial charge in [0.1, 0.15) is 5.75 Å². The monoisotopic (exact) mass is 284 g/mol. The number of ether oxygens (including phenoxy) is 1. The fourth-order valence-electron chi connectivity index (χ4n) is 1.69. The highest BCUT2D eigenvalue weighted by atomic mass is 16.7. The second-order valence-electron chi connectivity index (χ2n) is 4.38. The number of benzene rings is 2. The van der Waals surface area contributed by atoms with Gasteiger partial charge in [0.2, 0.25) is 0 Å². The summed E-state index contributed by atoms with van der Waals surface area (Å²) < 4.78 is 5.05. The first-order valence-corrected chi connectivity index (χ1v) is 6.39. The molecule has 0 unspecified atom stereocenters. The molecule has 2 aromatic rings. The van der Waals surface area contributed by atoms with E-state index in [0.29, 0.717) is 5.69 Å². The van der Waals surface area contributed by atoms with Crippen LogP contribution in [0.2, 0.25) is 0 Å². The van der Waals surface area contributed by atoms with E-state index in [-0.39, 0.29) is 0 Å². The normalized spacial score (nSPS) is 10.4. The Labute approximate surface area is 123 Å². The summed E-state index contributed by atoms with van der Waals surface area (Å²) in [6.45, 7) is 1.94. The fraction of sp³-hybridized carbons (Fsp3) is 0.125. The number of rotatable bonds is 4. The van der Waals surface area contributed by atoms with Crippen LogP contribution in [0.15, 0.2) is 53.7 Å². The first kappa shape index (κ1) is 14.6. The molecule has 0 aliphatic rings. The lowest BCUT2D eigenvalue weighted by Gasteiger charge is -2.03. The van der Waals surface area contributed by atoms with Crippen molar-refractivity contribution in [3.05, 3.63) is 59.7 Å². The van der Waals surface area contributed by atoms with Gasteiger partial charge in [0.25, 0.3) is 0 Å². The number of carbonyl (C=O) groups is 1. The van der Waals surface area contributed by atoms with Crippen molar-refractivity contribution in [2.24, 2.45) is 5.16 Å². The number of hydrogen-bond donors (Lipinski definition) is 1. The number of amides is 1. The van der Waals surface area contributed by atoms with E-state index in [1.807, 2.05) is 37.3 Å². The standard InChI is InChI=1S/C16H16N2O3/c1-12-4-3-5-14(10-12)18-16(19)21-17-11-13-6-8-15(20-2)9-7-13/h3-11H,1-2H3,(H,18,19). The predicted molar refractivity (Wildman–Crippen MR) is 81.9 cm³/mol. The second kappa shape index (κ2) is 7.09. The number of hydrogen-bond acceptors (Lipinski definition) is 4. The number of aryl methyl sites for hydroxylation is 1. The summed E-state index contributed by atoms with van der Waals surface area (Å²) in [5, 5.41) is 6.23. The van der Waals surface area contributed by atoms with Crippen molar-refractivity contribution in [3.63, 3.8) is 0 Å². The molecule has 108 valence electrons. The Balaban J connectivity index is 1.86. The molecule has 0 saturated heterocycles. The van der Waals surface area contributed by atoms with Gasteiger partial charge in [0, 0.05) is 5.69 Å². The van der Waals surface area contributed by atoms with E-state index in [1.54, 1.807) is 25.3 Å². The molecule has 0 aromatic heterocycles. The third-order valence-electron chi connectivity index (χ3n) is 2.72. The second-order valence-corrected chi connectivity index (χ2v) is 4.38. The van der Waals surface area contributed by atoms with Crippen molar-refractivity contribution in [2.45, 2.75) is 6.92 Å². The minimum atomic E-state index is -0.634. The van der Waals surface area contributed by atoms with Gasteiger partial charge in [-0.15, -0.1) is 0 Å². The fourth-order valence-corrected chi connectivity index (χ4v) is 1.69. The minimum absolute atomic E-state index is 0.634. The molecule has 0 aliphatic carbocycles. The highest BCUT2D eigenvalue weighted by Crippen LogP contribution is 2.11. The highest BCUT2D eigenvalue weighted by Gasteiger charge is 2.02. The van der Waals surface area contributed by atoms with Crippen LogP contribution in [-0.4, -0.2) is 19.4 Å². The Hall–Kier alpha value is -2.82. The van der Waals surface area contributed by atoms with Crippen molar-refractivity contribution >= 4 is 18.0 Å². The lowest BCUT2D eigenvalue weighted by atomic mass is 10.2. The molecule has 5 heteroatoms. The summed E-state index contributed by atoms with van der Waals surface area (Å²) in [6, 6.07) is 14.6.